The second kappa shape index (κ2) is 6.51. The van der Waals surface area contributed by atoms with Gasteiger partial charge in [-0.2, -0.15) is 0 Å². The number of ether oxygens (including phenoxy) is 1. The van der Waals surface area contributed by atoms with Gasteiger partial charge in [0.2, 0.25) is 0 Å². The van der Waals surface area contributed by atoms with Gasteiger partial charge in [0.1, 0.15) is 18.2 Å². The molecule has 0 saturated carbocycles. The maximum atomic E-state index is 12.2. The number of methoxy groups -OCH3 is 1. The molecule has 4 unspecified atom stereocenters. The number of carboxylic acid groups (broad SMARTS) is 1. The van der Waals surface area contributed by atoms with Crippen LogP contribution in [-0.2, 0) is 19.1 Å². The number of rotatable bonds is 4. The summed E-state index contributed by atoms with van der Waals surface area (Å²) in [6.07, 6.45) is 0.569. The van der Waals surface area contributed by atoms with Crippen molar-refractivity contribution in [3.8, 4) is 0 Å². The summed E-state index contributed by atoms with van der Waals surface area (Å²) < 4.78 is 4.78. The van der Waals surface area contributed by atoms with Gasteiger partial charge in [0.25, 0.3) is 0 Å². The zero-order chi connectivity index (χ0) is 16.3. The lowest BCUT2D eigenvalue weighted by Gasteiger charge is -2.36. The molecule has 2 rings (SSSR count). The maximum Gasteiger partial charge on any atom is 0.312 e. The van der Waals surface area contributed by atoms with E-state index < -0.39 is 35.7 Å². The number of carbonyl (C=O) groups is 3. The van der Waals surface area contributed by atoms with Crippen LogP contribution in [0.5, 0.6) is 0 Å². The van der Waals surface area contributed by atoms with Crippen molar-refractivity contribution in [1.82, 2.24) is 0 Å². The van der Waals surface area contributed by atoms with Gasteiger partial charge in [-0.1, -0.05) is 30.3 Å². The molecular formula is C16H17NO5. The molecule has 0 amide bonds. The fourth-order valence-corrected chi connectivity index (χ4v) is 3.02. The third kappa shape index (κ3) is 2.77. The number of hydrogen-bond acceptors (Lipinski definition) is 5. The van der Waals surface area contributed by atoms with E-state index in [1.165, 1.54) is 7.11 Å². The van der Waals surface area contributed by atoms with Crippen LogP contribution in [-0.4, -0.2) is 42.2 Å². The van der Waals surface area contributed by atoms with Crippen molar-refractivity contribution in [2.75, 3.05) is 7.11 Å². The lowest BCUT2D eigenvalue weighted by Crippen LogP contribution is -2.46. The Balaban J connectivity index is 2.62. The highest BCUT2D eigenvalue weighted by Crippen LogP contribution is 2.40. The van der Waals surface area contributed by atoms with Crippen LogP contribution in [0.4, 0.5) is 0 Å². The zero-order valence-corrected chi connectivity index (χ0v) is 12.3. The molecular weight excluding hydrogens is 286 g/mol. The van der Waals surface area contributed by atoms with Gasteiger partial charge in [-0.25, -0.2) is 0 Å². The molecule has 4 atom stereocenters. The summed E-state index contributed by atoms with van der Waals surface area (Å²) in [6, 6.07) is 7.88. The van der Waals surface area contributed by atoms with Gasteiger partial charge in [0, 0.05) is 11.6 Å². The highest BCUT2D eigenvalue weighted by Gasteiger charge is 2.48. The topological polar surface area (TPSA) is 93.0 Å². The Kier molecular flexibility index (Phi) is 4.70. The third-order valence-corrected chi connectivity index (χ3v) is 3.98. The summed E-state index contributed by atoms with van der Waals surface area (Å²) >= 11 is 0. The van der Waals surface area contributed by atoms with Gasteiger partial charge in [-0.05, 0) is 12.5 Å². The highest BCUT2D eigenvalue weighted by molar-refractivity contribution is 6.04. The zero-order valence-electron chi connectivity index (χ0n) is 12.3. The first-order valence-electron chi connectivity index (χ1n) is 6.86. The van der Waals surface area contributed by atoms with E-state index in [4.69, 9.17) is 4.74 Å². The first-order valence-corrected chi connectivity index (χ1v) is 6.86. The van der Waals surface area contributed by atoms with E-state index in [1.54, 1.807) is 37.3 Å². The van der Waals surface area contributed by atoms with Crippen LogP contribution in [0, 0.1) is 11.8 Å². The fraction of sp³-hybridized carbons (Fsp3) is 0.375. The Hall–Kier alpha value is -2.50. The van der Waals surface area contributed by atoms with Crippen LogP contribution in [0.3, 0.4) is 0 Å². The molecule has 0 radical (unpaired) electrons. The number of carboxylic acids is 1. The van der Waals surface area contributed by atoms with Gasteiger partial charge in [-0.3, -0.25) is 14.6 Å². The Morgan fingerprint density at radius 1 is 1.27 bits per heavy atom. The molecule has 1 aromatic rings. The van der Waals surface area contributed by atoms with E-state index in [0.717, 1.165) is 0 Å². The smallest absolute Gasteiger partial charge is 0.312 e. The predicted molar refractivity (Wildman–Crippen MR) is 78.8 cm³/mol. The number of esters is 1. The Bertz CT molecular complexity index is 610. The average Bonchev–Trinajstić information content (AvgIpc) is 2.53. The van der Waals surface area contributed by atoms with Crippen molar-refractivity contribution in [1.29, 1.82) is 0 Å². The predicted octanol–water partition coefficient (Wildman–Crippen LogP) is 1.30. The molecule has 1 aliphatic heterocycles. The third-order valence-electron chi connectivity index (χ3n) is 3.98. The first-order chi connectivity index (χ1) is 10.5. The second-order valence-corrected chi connectivity index (χ2v) is 5.20. The Morgan fingerprint density at radius 3 is 2.41 bits per heavy atom. The average molecular weight is 303 g/mol. The normalized spacial score (nSPS) is 27.6. The molecule has 1 aliphatic rings. The number of benzene rings is 1. The van der Waals surface area contributed by atoms with Crippen LogP contribution in [0.25, 0.3) is 0 Å². The molecule has 0 bridgehead atoms. The minimum Gasteiger partial charge on any atom is -0.481 e. The first kappa shape index (κ1) is 15.9. The molecule has 1 heterocycles. The SMILES string of the molecule is COC(=O)C1C(C=O)N=C(C)C(C(=O)O)C1c1ccccc1. The highest BCUT2D eigenvalue weighted by atomic mass is 16.5. The van der Waals surface area contributed by atoms with Gasteiger partial charge >= 0.3 is 11.9 Å². The van der Waals surface area contributed by atoms with E-state index in [0.29, 0.717) is 17.6 Å². The molecule has 0 fully saturated rings. The molecule has 0 spiro atoms. The van der Waals surface area contributed by atoms with Gasteiger partial charge in [0.05, 0.1) is 13.0 Å². The molecule has 6 nitrogen and oxygen atoms in total. The summed E-state index contributed by atoms with van der Waals surface area (Å²) in [5.74, 6) is -4.32. The van der Waals surface area contributed by atoms with E-state index in [2.05, 4.69) is 4.99 Å². The van der Waals surface area contributed by atoms with Crippen LogP contribution in [0.2, 0.25) is 0 Å². The molecule has 1 N–H and O–H groups in total. The van der Waals surface area contributed by atoms with Crippen LogP contribution in [0.1, 0.15) is 18.4 Å². The van der Waals surface area contributed by atoms with Crippen molar-refractivity contribution in [2.45, 2.75) is 18.9 Å². The largest absolute Gasteiger partial charge is 0.481 e. The van der Waals surface area contributed by atoms with Gasteiger partial charge in [0.15, 0.2) is 0 Å². The van der Waals surface area contributed by atoms with Crippen molar-refractivity contribution in [2.24, 2.45) is 16.8 Å². The van der Waals surface area contributed by atoms with Crippen molar-refractivity contribution < 1.29 is 24.2 Å². The summed E-state index contributed by atoms with van der Waals surface area (Å²) in [5.41, 5.74) is 1.00. The summed E-state index contributed by atoms with van der Waals surface area (Å²) in [6.45, 7) is 1.57. The van der Waals surface area contributed by atoms with E-state index >= 15 is 0 Å². The molecule has 6 heteroatoms. The summed E-state index contributed by atoms with van der Waals surface area (Å²) in [7, 11) is 1.22. The Labute approximate surface area is 127 Å². The van der Waals surface area contributed by atoms with Crippen molar-refractivity contribution in [3.63, 3.8) is 0 Å². The van der Waals surface area contributed by atoms with E-state index in [1.807, 2.05) is 0 Å². The van der Waals surface area contributed by atoms with Crippen LogP contribution in [0.15, 0.2) is 35.3 Å². The standard InChI is InChI=1S/C16H17NO5/c1-9-12(15(19)20)13(10-6-4-3-5-7-10)14(16(21)22-2)11(8-18)17-9/h3-8,11-14H,1-2H3,(H,19,20). The maximum absolute atomic E-state index is 12.2. The summed E-state index contributed by atoms with van der Waals surface area (Å²) in [4.78, 5) is 39.3. The number of aliphatic imine (C=N–C) groups is 1. The number of aliphatic carboxylic acids is 1. The Morgan fingerprint density at radius 2 is 1.91 bits per heavy atom. The quantitative estimate of drug-likeness (QED) is 0.668. The minimum atomic E-state index is -1.08. The van der Waals surface area contributed by atoms with E-state index in [9.17, 15) is 19.5 Å². The van der Waals surface area contributed by atoms with E-state index in [-0.39, 0.29) is 0 Å². The molecule has 0 saturated heterocycles. The second-order valence-electron chi connectivity index (χ2n) is 5.20. The molecule has 0 aromatic heterocycles. The van der Waals surface area contributed by atoms with Gasteiger partial charge < -0.3 is 14.6 Å². The fourth-order valence-electron chi connectivity index (χ4n) is 3.02. The lowest BCUT2D eigenvalue weighted by atomic mass is 9.70. The molecule has 116 valence electrons. The molecule has 0 aliphatic carbocycles. The van der Waals surface area contributed by atoms with Gasteiger partial charge in [-0.15, -0.1) is 0 Å². The molecule has 22 heavy (non-hydrogen) atoms. The monoisotopic (exact) mass is 303 g/mol. The van der Waals surface area contributed by atoms with Crippen molar-refractivity contribution in [3.05, 3.63) is 35.9 Å². The number of aldehydes is 1. The number of carbonyl (C=O) groups excluding carboxylic acids is 2. The van der Waals surface area contributed by atoms with Crippen LogP contribution < -0.4 is 0 Å². The minimum absolute atomic E-state index is 0.332. The number of nitrogens with zero attached hydrogens (tertiary/aromatic N) is 1. The lowest BCUT2D eigenvalue weighted by molar-refractivity contribution is -0.150. The van der Waals surface area contributed by atoms with Crippen LogP contribution >= 0.6 is 0 Å². The summed E-state index contributed by atoms with van der Waals surface area (Å²) in [5, 5.41) is 9.55. The molecule has 1 aromatic carbocycles. The van der Waals surface area contributed by atoms with Crippen molar-refractivity contribution >= 4 is 23.9 Å². The number of hydrogen-bond donors (Lipinski definition) is 1.